The summed E-state index contributed by atoms with van der Waals surface area (Å²) in [5.74, 6) is -0.164. The molecule has 3 rings (SSSR count). The summed E-state index contributed by atoms with van der Waals surface area (Å²) in [5.41, 5.74) is 0.697. The van der Waals surface area contributed by atoms with Gasteiger partial charge in [-0.25, -0.2) is 8.42 Å². The molecule has 2 fully saturated rings. The Morgan fingerprint density at radius 1 is 1.35 bits per heavy atom. The standard InChI is InChI=1S/C14H19N3O4S.ClH/c18-13-5-4-10(17-7-2-8-22(17,20)21)9-12(13)16-14(19)11-3-1-6-15-11;/h4-5,9,11,15,18H,1-3,6-8H2,(H,16,19);1H. The maximum Gasteiger partial charge on any atom is 0.241 e. The average molecular weight is 362 g/mol. The number of nitrogens with one attached hydrogen (secondary N) is 2. The third kappa shape index (κ3) is 3.70. The maximum absolute atomic E-state index is 12.1. The molecule has 0 spiro atoms. The van der Waals surface area contributed by atoms with Crippen molar-refractivity contribution in [2.24, 2.45) is 0 Å². The van der Waals surface area contributed by atoms with E-state index in [-0.39, 0.29) is 41.5 Å². The van der Waals surface area contributed by atoms with Crippen LogP contribution in [0.15, 0.2) is 18.2 Å². The number of hydrogen-bond acceptors (Lipinski definition) is 5. The second kappa shape index (κ2) is 6.94. The molecule has 0 bridgehead atoms. The first kappa shape index (κ1) is 17.8. The van der Waals surface area contributed by atoms with Gasteiger partial charge in [0.2, 0.25) is 15.9 Å². The molecule has 2 aliphatic rings. The summed E-state index contributed by atoms with van der Waals surface area (Å²) in [6.45, 7) is 1.22. The van der Waals surface area contributed by atoms with Gasteiger partial charge in [0.25, 0.3) is 0 Å². The van der Waals surface area contributed by atoms with E-state index in [9.17, 15) is 18.3 Å². The van der Waals surface area contributed by atoms with Crippen LogP contribution in [0.4, 0.5) is 11.4 Å². The fourth-order valence-corrected chi connectivity index (χ4v) is 4.39. The van der Waals surface area contributed by atoms with Gasteiger partial charge in [0, 0.05) is 6.54 Å². The predicted octanol–water partition coefficient (Wildman–Crippen LogP) is 1.04. The third-order valence-corrected chi connectivity index (χ3v) is 5.87. The Labute approximate surface area is 141 Å². The fourth-order valence-electron chi connectivity index (χ4n) is 2.84. The lowest BCUT2D eigenvalue weighted by Gasteiger charge is -2.19. The van der Waals surface area contributed by atoms with Gasteiger partial charge in [-0.05, 0) is 44.0 Å². The number of phenolic OH excluding ortho intramolecular Hbond substituents is 1. The number of anilines is 2. The average Bonchev–Trinajstić information content (AvgIpc) is 3.10. The van der Waals surface area contributed by atoms with Gasteiger partial charge < -0.3 is 15.7 Å². The first-order valence-corrected chi connectivity index (χ1v) is 8.96. The van der Waals surface area contributed by atoms with Crippen molar-refractivity contribution in [3.63, 3.8) is 0 Å². The summed E-state index contributed by atoms with van der Waals surface area (Å²) in [5, 5.41) is 15.6. The molecule has 0 saturated carbocycles. The van der Waals surface area contributed by atoms with E-state index < -0.39 is 10.0 Å². The van der Waals surface area contributed by atoms with Crippen LogP contribution in [0, 0.1) is 0 Å². The number of sulfonamides is 1. The number of halogens is 1. The van der Waals surface area contributed by atoms with Crippen LogP contribution in [0.3, 0.4) is 0 Å². The highest BCUT2D eigenvalue weighted by Gasteiger charge is 2.29. The summed E-state index contributed by atoms with van der Waals surface area (Å²) in [6.07, 6.45) is 2.28. The highest BCUT2D eigenvalue weighted by Crippen LogP contribution is 2.32. The molecular formula is C14H20ClN3O4S. The highest BCUT2D eigenvalue weighted by atomic mass is 35.5. The van der Waals surface area contributed by atoms with E-state index in [1.165, 1.54) is 16.4 Å². The summed E-state index contributed by atoms with van der Waals surface area (Å²) < 4.78 is 25.2. The Hall–Kier alpha value is -1.51. The van der Waals surface area contributed by atoms with Crippen LogP contribution >= 0.6 is 12.4 Å². The number of nitrogens with zero attached hydrogens (tertiary/aromatic N) is 1. The SMILES string of the molecule is Cl.O=C(Nc1cc(N2CCCS2(=O)=O)ccc1O)C1CCCN1. The summed E-state index contributed by atoms with van der Waals surface area (Å²) >= 11 is 0. The third-order valence-electron chi connectivity index (χ3n) is 4.00. The van der Waals surface area contributed by atoms with Gasteiger partial charge in [-0.3, -0.25) is 9.10 Å². The molecule has 9 heteroatoms. The molecule has 0 aromatic heterocycles. The predicted molar refractivity (Wildman–Crippen MR) is 90.8 cm³/mol. The van der Waals surface area contributed by atoms with Crippen molar-refractivity contribution in [2.75, 3.05) is 28.5 Å². The van der Waals surface area contributed by atoms with Crippen LogP contribution in [-0.4, -0.2) is 44.3 Å². The van der Waals surface area contributed by atoms with Gasteiger partial charge in [-0.1, -0.05) is 0 Å². The quantitative estimate of drug-likeness (QED) is 0.699. The zero-order chi connectivity index (χ0) is 15.7. The number of rotatable bonds is 3. The number of carbonyl (C=O) groups excluding carboxylic acids is 1. The smallest absolute Gasteiger partial charge is 0.241 e. The van der Waals surface area contributed by atoms with E-state index in [4.69, 9.17) is 0 Å². The molecule has 0 radical (unpaired) electrons. The minimum atomic E-state index is -3.29. The van der Waals surface area contributed by atoms with Crippen LogP contribution in [0.1, 0.15) is 19.3 Å². The zero-order valence-electron chi connectivity index (χ0n) is 12.5. The van der Waals surface area contributed by atoms with Crippen LogP contribution in [0.2, 0.25) is 0 Å². The Morgan fingerprint density at radius 2 is 2.13 bits per heavy atom. The van der Waals surface area contributed by atoms with Crippen LogP contribution < -0.4 is 14.9 Å². The van der Waals surface area contributed by atoms with E-state index in [0.29, 0.717) is 18.7 Å². The van der Waals surface area contributed by atoms with Crippen molar-refractivity contribution < 1.29 is 18.3 Å². The van der Waals surface area contributed by atoms with Gasteiger partial charge >= 0.3 is 0 Å². The number of aromatic hydroxyl groups is 1. The second-order valence-electron chi connectivity index (χ2n) is 5.58. The Bertz CT molecular complexity index is 689. The zero-order valence-corrected chi connectivity index (χ0v) is 14.1. The van der Waals surface area contributed by atoms with E-state index in [0.717, 1.165) is 19.4 Å². The molecule has 3 N–H and O–H groups in total. The number of phenols is 1. The lowest BCUT2D eigenvalue weighted by atomic mass is 10.2. The monoisotopic (exact) mass is 361 g/mol. The van der Waals surface area contributed by atoms with E-state index in [2.05, 4.69) is 10.6 Å². The first-order chi connectivity index (χ1) is 10.5. The summed E-state index contributed by atoms with van der Waals surface area (Å²) in [6, 6.07) is 4.19. The molecule has 7 nitrogen and oxygen atoms in total. The van der Waals surface area contributed by atoms with Crippen LogP contribution in [0.5, 0.6) is 5.75 Å². The van der Waals surface area contributed by atoms with E-state index in [1.807, 2.05) is 0 Å². The van der Waals surface area contributed by atoms with Crippen molar-refractivity contribution in [1.29, 1.82) is 0 Å². The molecule has 128 valence electrons. The molecule has 0 aliphatic carbocycles. The van der Waals surface area contributed by atoms with Crippen molar-refractivity contribution >= 4 is 39.7 Å². The fraction of sp³-hybridized carbons (Fsp3) is 0.500. The minimum Gasteiger partial charge on any atom is -0.506 e. The van der Waals surface area contributed by atoms with Gasteiger partial charge in [0.15, 0.2) is 0 Å². The maximum atomic E-state index is 12.1. The van der Waals surface area contributed by atoms with Gasteiger partial charge in [-0.15, -0.1) is 12.4 Å². The normalized spacial score (nSPS) is 22.6. The van der Waals surface area contributed by atoms with Gasteiger partial charge in [0.1, 0.15) is 5.75 Å². The molecule has 1 aromatic rings. The largest absolute Gasteiger partial charge is 0.506 e. The Morgan fingerprint density at radius 3 is 2.74 bits per heavy atom. The number of benzene rings is 1. The van der Waals surface area contributed by atoms with E-state index in [1.54, 1.807) is 6.07 Å². The Balaban J connectivity index is 0.00000192. The topological polar surface area (TPSA) is 98.7 Å². The van der Waals surface area contributed by atoms with Crippen molar-refractivity contribution in [3.05, 3.63) is 18.2 Å². The molecule has 1 amide bonds. The van der Waals surface area contributed by atoms with Crippen LogP contribution in [0.25, 0.3) is 0 Å². The number of hydrogen-bond donors (Lipinski definition) is 3. The molecule has 2 heterocycles. The second-order valence-corrected chi connectivity index (χ2v) is 7.59. The van der Waals surface area contributed by atoms with Gasteiger partial charge in [0.05, 0.1) is 23.2 Å². The number of amides is 1. The summed E-state index contributed by atoms with van der Waals surface area (Å²) in [7, 11) is -3.29. The Kier molecular flexibility index (Phi) is 5.38. The number of carbonyl (C=O) groups is 1. The molecular weight excluding hydrogens is 342 g/mol. The molecule has 2 saturated heterocycles. The molecule has 23 heavy (non-hydrogen) atoms. The summed E-state index contributed by atoms with van der Waals surface area (Å²) in [4.78, 5) is 12.1. The lowest BCUT2D eigenvalue weighted by Crippen LogP contribution is -2.35. The van der Waals surface area contributed by atoms with Gasteiger partial charge in [-0.2, -0.15) is 0 Å². The highest BCUT2D eigenvalue weighted by molar-refractivity contribution is 7.93. The molecule has 1 aromatic carbocycles. The molecule has 1 unspecified atom stereocenters. The minimum absolute atomic E-state index is 0. The van der Waals surface area contributed by atoms with Crippen molar-refractivity contribution in [2.45, 2.75) is 25.3 Å². The van der Waals surface area contributed by atoms with E-state index >= 15 is 0 Å². The van der Waals surface area contributed by atoms with Crippen molar-refractivity contribution in [1.82, 2.24) is 5.32 Å². The lowest BCUT2D eigenvalue weighted by molar-refractivity contribution is -0.117. The van der Waals surface area contributed by atoms with Crippen LogP contribution in [-0.2, 0) is 14.8 Å². The molecule has 2 aliphatic heterocycles. The van der Waals surface area contributed by atoms with Crippen molar-refractivity contribution in [3.8, 4) is 5.75 Å². The first-order valence-electron chi connectivity index (χ1n) is 7.35. The molecule has 1 atom stereocenters.